The summed E-state index contributed by atoms with van der Waals surface area (Å²) in [6, 6.07) is 8.08. The van der Waals surface area contributed by atoms with E-state index in [-0.39, 0.29) is 5.91 Å². The van der Waals surface area contributed by atoms with Crippen LogP contribution in [0.15, 0.2) is 24.3 Å². The number of benzene rings is 1. The van der Waals surface area contributed by atoms with Crippen molar-refractivity contribution < 1.29 is 9.53 Å². The van der Waals surface area contributed by atoms with Crippen LogP contribution in [0.4, 0.5) is 5.69 Å². The molecule has 21 heavy (non-hydrogen) atoms. The van der Waals surface area contributed by atoms with Crippen LogP contribution >= 0.6 is 0 Å². The molecule has 0 aromatic heterocycles. The number of carbonyl (C=O) groups is 1. The standard InChI is InChI=1S/C16H27N3O2/c1-13(2)19(11-14-5-7-15(17)8-6-14)12-16(20)18-9-4-10-21-3/h5-8,13H,4,9-12,17H2,1-3H3,(H,18,20). The molecular weight excluding hydrogens is 266 g/mol. The van der Waals surface area contributed by atoms with Gasteiger partial charge in [-0.05, 0) is 38.0 Å². The number of ether oxygens (including phenoxy) is 1. The van der Waals surface area contributed by atoms with Gasteiger partial charge in [0.15, 0.2) is 0 Å². The van der Waals surface area contributed by atoms with Gasteiger partial charge in [-0.25, -0.2) is 0 Å². The zero-order chi connectivity index (χ0) is 15.7. The summed E-state index contributed by atoms with van der Waals surface area (Å²) in [5.41, 5.74) is 7.60. The van der Waals surface area contributed by atoms with Gasteiger partial charge in [0, 0.05) is 38.5 Å². The summed E-state index contributed by atoms with van der Waals surface area (Å²) in [5, 5.41) is 2.92. The van der Waals surface area contributed by atoms with Crippen molar-refractivity contribution in [2.45, 2.75) is 32.9 Å². The van der Waals surface area contributed by atoms with E-state index >= 15 is 0 Å². The first-order valence-electron chi connectivity index (χ1n) is 7.37. The van der Waals surface area contributed by atoms with Crippen molar-refractivity contribution in [2.24, 2.45) is 0 Å². The van der Waals surface area contributed by atoms with Crippen LogP contribution in [0.1, 0.15) is 25.8 Å². The quantitative estimate of drug-likeness (QED) is 0.536. The molecule has 0 unspecified atom stereocenters. The second-order valence-corrected chi connectivity index (χ2v) is 5.44. The highest BCUT2D eigenvalue weighted by Crippen LogP contribution is 2.10. The average molecular weight is 293 g/mol. The van der Waals surface area contributed by atoms with Crippen LogP contribution in [0.5, 0.6) is 0 Å². The highest BCUT2D eigenvalue weighted by molar-refractivity contribution is 5.78. The summed E-state index contributed by atoms with van der Waals surface area (Å²) >= 11 is 0. The molecule has 0 saturated heterocycles. The van der Waals surface area contributed by atoms with Crippen LogP contribution in [0.2, 0.25) is 0 Å². The monoisotopic (exact) mass is 293 g/mol. The van der Waals surface area contributed by atoms with E-state index in [1.165, 1.54) is 0 Å². The summed E-state index contributed by atoms with van der Waals surface area (Å²) in [4.78, 5) is 14.1. The molecule has 0 atom stereocenters. The molecule has 0 fully saturated rings. The highest BCUT2D eigenvalue weighted by Gasteiger charge is 2.14. The Bertz CT molecular complexity index is 418. The molecule has 0 radical (unpaired) electrons. The lowest BCUT2D eigenvalue weighted by molar-refractivity contribution is -0.122. The van der Waals surface area contributed by atoms with Crippen molar-refractivity contribution in [1.82, 2.24) is 10.2 Å². The zero-order valence-corrected chi connectivity index (χ0v) is 13.3. The molecule has 0 aliphatic carbocycles. The normalized spacial score (nSPS) is 11.1. The number of nitrogens with one attached hydrogen (secondary N) is 1. The Balaban J connectivity index is 2.46. The molecule has 3 N–H and O–H groups in total. The smallest absolute Gasteiger partial charge is 0.234 e. The third-order valence-electron chi connectivity index (χ3n) is 3.29. The molecule has 0 bridgehead atoms. The van der Waals surface area contributed by atoms with E-state index in [0.717, 1.165) is 24.2 Å². The van der Waals surface area contributed by atoms with Gasteiger partial charge in [-0.3, -0.25) is 9.69 Å². The van der Waals surface area contributed by atoms with Crippen molar-refractivity contribution in [3.63, 3.8) is 0 Å². The summed E-state index contributed by atoms with van der Waals surface area (Å²) < 4.78 is 4.96. The van der Waals surface area contributed by atoms with Gasteiger partial charge in [0.2, 0.25) is 5.91 Å². The lowest BCUT2D eigenvalue weighted by atomic mass is 10.1. The minimum Gasteiger partial charge on any atom is -0.399 e. The number of carbonyl (C=O) groups excluding carboxylic acids is 1. The largest absolute Gasteiger partial charge is 0.399 e. The molecule has 1 aromatic rings. The number of hydrogen-bond donors (Lipinski definition) is 2. The van der Waals surface area contributed by atoms with E-state index in [1.807, 2.05) is 24.3 Å². The van der Waals surface area contributed by atoms with Gasteiger partial charge in [0.05, 0.1) is 6.54 Å². The maximum Gasteiger partial charge on any atom is 0.234 e. The Labute approximate surface area is 127 Å². The van der Waals surface area contributed by atoms with Gasteiger partial charge < -0.3 is 15.8 Å². The number of nitrogens with two attached hydrogens (primary N) is 1. The highest BCUT2D eigenvalue weighted by atomic mass is 16.5. The SMILES string of the molecule is COCCCNC(=O)CN(Cc1ccc(N)cc1)C(C)C. The fourth-order valence-corrected chi connectivity index (χ4v) is 1.96. The summed E-state index contributed by atoms with van der Waals surface area (Å²) in [7, 11) is 1.66. The van der Waals surface area contributed by atoms with Crippen LogP contribution in [-0.2, 0) is 16.1 Å². The molecule has 0 aliphatic rings. The second kappa shape index (κ2) is 9.37. The van der Waals surface area contributed by atoms with Crippen molar-refractivity contribution in [2.75, 3.05) is 32.5 Å². The molecule has 118 valence electrons. The summed E-state index contributed by atoms with van der Waals surface area (Å²) in [6.07, 6.45) is 0.835. The van der Waals surface area contributed by atoms with E-state index in [4.69, 9.17) is 10.5 Å². The minimum absolute atomic E-state index is 0.0512. The molecule has 0 heterocycles. The van der Waals surface area contributed by atoms with Crippen molar-refractivity contribution in [3.8, 4) is 0 Å². The number of nitrogens with zero attached hydrogens (tertiary/aromatic N) is 1. The Morgan fingerprint density at radius 1 is 1.33 bits per heavy atom. The Kier molecular flexibility index (Phi) is 7.79. The average Bonchev–Trinajstić information content (AvgIpc) is 2.45. The number of anilines is 1. The third kappa shape index (κ3) is 7.11. The lowest BCUT2D eigenvalue weighted by Crippen LogP contribution is -2.40. The van der Waals surface area contributed by atoms with Crippen LogP contribution in [0.3, 0.4) is 0 Å². The fraction of sp³-hybridized carbons (Fsp3) is 0.562. The van der Waals surface area contributed by atoms with Gasteiger partial charge in [0.25, 0.3) is 0 Å². The number of amides is 1. The Morgan fingerprint density at radius 3 is 2.57 bits per heavy atom. The zero-order valence-electron chi connectivity index (χ0n) is 13.3. The molecule has 5 nitrogen and oxygen atoms in total. The van der Waals surface area contributed by atoms with Gasteiger partial charge in [-0.2, -0.15) is 0 Å². The molecule has 0 spiro atoms. The first-order chi connectivity index (χ1) is 10.0. The lowest BCUT2D eigenvalue weighted by Gasteiger charge is -2.26. The van der Waals surface area contributed by atoms with E-state index in [9.17, 15) is 4.79 Å². The summed E-state index contributed by atoms with van der Waals surface area (Å²) in [6.45, 7) is 6.64. The number of methoxy groups -OCH3 is 1. The minimum atomic E-state index is 0.0512. The Morgan fingerprint density at radius 2 is 2.00 bits per heavy atom. The third-order valence-corrected chi connectivity index (χ3v) is 3.29. The first-order valence-corrected chi connectivity index (χ1v) is 7.37. The number of nitrogen functional groups attached to an aromatic ring is 1. The van der Waals surface area contributed by atoms with Crippen LogP contribution < -0.4 is 11.1 Å². The first kappa shape index (κ1) is 17.5. The van der Waals surface area contributed by atoms with Crippen LogP contribution in [-0.4, -0.2) is 43.7 Å². The van der Waals surface area contributed by atoms with Crippen molar-refractivity contribution in [1.29, 1.82) is 0 Å². The van der Waals surface area contributed by atoms with Crippen LogP contribution in [0, 0.1) is 0 Å². The van der Waals surface area contributed by atoms with Crippen molar-refractivity contribution in [3.05, 3.63) is 29.8 Å². The molecule has 1 aromatic carbocycles. The molecule has 1 rings (SSSR count). The number of hydrogen-bond acceptors (Lipinski definition) is 4. The van der Waals surface area contributed by atoms with Crippen LogP contribution in [0.25, 0.3) is 0 Å². The number of rotatable bonds is 9. The maximum atomic E-state index is 12.0. The predicted octanol–water partition coefficient (Wildman–Crippen LogP) is 1.63. The van der Waals surface area contributed by atoms with E-state index in [1.54, 1.807) is 7.11 Å². The summed E-state index contributed by atoms with van der Waals surface area (Å²) in [5.74, 6) is 0.0512. The topological polar surface area (TPSA) is 67.6 Å². The predicted molar refractivity (Wildman–Crippen MR) is 85.9 cm³/mol. The molecule has 5 heteroatoms. The molecular formula is C16H27N3O2. The molecule has 0 saturated carbocycles. The molecule has 1 amide bonds. The van der Waals surface area contributed by atoms with Gasteiger partial charge in [0.1, 0.15) is 0 Å². The van der Waals surface area contributed by atoms with Crippen molar-refractivity contribution >= 4 is 11.6 Å². The van der Waals surface area contributed by atoms with E-state index in [2.05, 4.69) is 24.1 Å². The van der Waals surface area contributed by atoms with Gasteiger partial charge in [-0.1, -0.05) is 12.1 Å². The fourth-order valence-electron chi connectivity index (χ4n) is 1.96. The van der Waals surface area contributed by atoms with Gasteiger partial charge in [-0.15, -0.1) is 0 Å². The Hall–Kier alpha value is -1.59. The molecule has 0 aliphatic heterocycles. The van der Waals surface area contributed by atoms with Gasteiger partial charge >= 0.3 is 0 Å². The van der Waals surface area contributed by atoms with E-state index < -0.39 is 0 Å². The second-order valence-electron chi connectivity index (χ2n) is 5.44. The van der Waals surface area contributed by atoms with E-state index in [0.29, 0.717) is 25.7 Å². The maximum absolute atomic E-state index is 12.0.